The lowest BCUT2D eigenvalue weighted by atomic mass is 10.1. The summed E-state index contributed by atoms with van der Waals surface area (Å²) in [5, 5.41) is 8.55. The highest BCUT2D eigenvalue weighted by atomic mass is 16.5. The fourth-order valence-corrected chi connectivity index (χ4v) is 3.02. The Morgan fingerprint density at radius 2 is 1.74 bits per heavy atom. The highest BCUT2D eigenvalue weighted by Crippen LogP contribution is 2.16. The Bertz CT molecular complexity index is 801. The van der Waals surface area contributed by atoms with Crippen LogP contribution in [0.15, 0.2) is 48.5 Å². The van der Waals surface area contributed by atoms with Crippen molar-refractivity contribution in [2.45, 2.75) is 39.0 Å². The van der Waals surface area contributed by atoms with Crippen LogP contribution < -0.4 is 16.0 Å². The van der Waals surface area contributed by atoms with E-state index in [0.29, 0.717) is 25.4 Å². The number of ether oxygens (including phenoxy) is 1. The summed E-state index contributed by atoms with van der Waals surface area (Å²) >= 11 is 0. The molecule has 1 fully saturated rings. The van der Waals surface area contributed by atoms with Gasteiger partial charge in [0.25, 0.3) is 5.91 Å². The Hall–Kier alpha value is -2.86. The SMILES string of the molecule is Cc1cccc(CNC(=O)NCc2cccc(NC(=O)C3CCCO3)c2)c1. The molecule has 0 spiro atoms. The van der Waals surface area contributed by atoms with Crippen LogP contribution in [0, 0.1) is 6.92 Å². The van der Waals surface area contributed by atoms with Gasteiger partial charge in [0.1, 0.15) is 6.10 Å². The Morgan fingerprint density at radius 3 is 2.41 bits per heavy atom. The van der Waals surface area contributed by atoms with Crippen LogP contribution >= 0.6 is 0 Å². The first-order valence-corrected chi connectivity index (χ1v) is 9.19. The summed E-state index contributed by atoms with van der Waals surface area (Å²) in [7, 11) is 0. The van der Waals surface area contributed by atoms with Crippen LogP contribution in [0.1, 0.15) is 29.5 Å². The van der Waals surface area contributed by atoms with Crippen molar-refractivity contribution in [2.75, 3.05) is 11.9 Å². The first kappa shape index (κ1) is 18.9. The maximum Gasteiger partial charge on any atom is 0.315 e. The molecule has 1 aliphatic heterocycles. The zero-order chi connectivity index (χ0) is 19.1. The Kier molecular flexibility index (Phi) is 6.44. The number of amides is 3. The average molecular weight is 367 g/mol. The van der Waals surface area contributed by atoms with Crippen molar-refractivity contribution in [1.82, 2.24) is 10.6 Å². The van der Waals surface area contributed by atoms with Gasteiger partial charge in [-0.25, -0.2) is 4.79 Å². The minimum atomic E-state index is -0.362. The maximum atomic E-state index is 12.1. The number of benzene rings is 2. The van der Waals surface area contributed by atoms with E-state index in [9.17, 15) is 9.59 Å². The smallest absolute Gasteiger partial charge is 0.315 e. The number of aryl methyl sites for hydroxylation is 1. The Morgan fingerprint density at radius 1 is 1.04 bits per heavy atom. The topological polar surface area (TPSA) is 79.5 Å². The van der Waals surface area contributed by atoms with Gasteiger partial charge in [-0.3, -0.25) is 4.79 Å². The van der Waals surface area contributed by atoms with Gasteiger partial charge in [0.15, 0.2) is 0 Å². The number of urea groups is 1. The second-order valence-electron chi connectivity index (χ2n) is 6.72. The fourth-order valence-electron chi connectivity index (χ4n) is 3.02. The van der Waals surface area contributed by atoms with Gasteiger partial charge >= 0.3 is 6.03 Å². The van der Waals surface area contributed by atoms with Crippen LogP contribution in [0.2, 0.25) is 0 Å². The summed E-state index contributed by atoms with van der Waals surface area (Å²) in [6.45, 7) is 3.52. The minimum absolute atomic E-state index is 0.117. The highest BCUT2D eigenvalue weighted by Gasteiger charge is 2.23. The molecule has 1 unspecified atom stereocenters. The van der Waals surface area contributed by atoms with Crippen molar-refractivity contribution >= 4 is 17.6 Å². The monoisotopic (exact) mass is 367 g/mol. The first-order chi connectivity index (χ1) is 13.1. The molecule has 0 bridgehead atoms. The van der Waals surface area contributed by atoms with E-state index in [1.54, 1.807) is 0 Å². The van der Waals surface area contributed by atoms with Crippen molar-refractivity contribution < 1.29 is 14.3 Å². The van der Waals surface area contributed by atoms with E-state index >= 15 is 0 Å². The molecule has 3 N–H and O–H groups in total. The third-order valence-corrected chi connectivity index (χ3v) is 4.41. The van der Waals surface area contributed by atoms with Crippen molar-refractivity contribution in [3.63, 3.8) is 0 Å². The largest absolute Gasteiger partial charge is 0.368 e. The molecule has 1 atom stereocenters. The summed E-state index contributed by atoms with van der Waals surface area (Å²) in [6, 6.07) is 15.2. The summed E-state index contributed by atoms with van der Waals surface area (Å²) in [6.07, 6.45) is 1.31. The number of carbonyl (C=O) groups excluding carboxylic acids is 2. The predicted molar refractivity (Wildman–Crippen MR) is 104 cm³/mol. The molecular weight excluding hydrogens is 342 g/mol. The van der Waals surface area contributed by atoms with Gasteiger partial charge in [0.2, 0.25) is 0 Å². The van der Waals surface area contributed by atoms with Crippen LogP contribution in [0.5, 0.6) is 0 Å². The van der Waals surface area contributed by atoms with E-state index in [1.807, 2.05) is 55.5 Å². The quantitative estimate of drug-likeness (QED) is 0.734. The van der Waals surface area contributed by atoms with Crippen molar-refractivity contribution in [1.29, 1.82) is 0 Å². The lowest BCUT2D eigenvalue weighted by Gasteiger charge is -2.12. The molecule has 3 amide bonds. The molecule has 3 rings (SSSR count). The molecule has 0 saturated carbocycles. The van der Waals surface area contributed by atoms with E-state index in [-0.39, 0.29) is 18.0 Å². The van der Waals surface area contributed by atoms with Crippen molar-refractivity contribution in [2.24, 2.45) is 0 Å². The molecule has 27 heavy (non-hydrogen) atoms. The number of nitrogens with one attached hydrogen (secondary N) is 3. The van der Waals surface area contributed by atoms with E-state index < -0.39 is 0 Å². The lowest BCUT2D eigenvalue weighted by molar-refractivity contribution is -0.124. The summed E-state index contributed by atoms with van der Waals surface area (Å²) in [4.78, 5) is 24.1. The number of rotatable bonds is 6. The van der Waals surface area contributed by atoms with Crippen LogP contribution in [0.4, 0.5) is 10.5 Å². The molecule has 142 valence electrons. The van der Waals surface area contributed by atoms with Crippen LogP contribution in [-0.4, -0.2) is 24.6 Å². The molecule has 1 saturated heterocycles. The van der Waals surface area contributed by atoms with Gasteiger partial charge in [0.05, 0.1) is 0 Å². The second kappa shape index (κ2) is 9.19. The molecule has 1 heterocycles. The van der Waals surface area contributed by atoms with Crippen molar-refractivity contribution in [3.05, 3.63) is 65.2 Å². The van der Waals surface area contributed by atoms with Gasteiger partial charge in [-0.2, -0.15) is 0 Å². The molecule has 1 aliphatic rings. The fraction of sp³-hybridized carbons (Fsp3) is 0.333. The van der Waals surface area contributed by atoms with Crippen molar-refractivity contribution in [3.8, 4) is 0 Å². The normalized spacial score (nSPS) is 16.0. The van der Waals surface area contributed by atoms with E-state index in [4.69, 9.17) is 4.74 Å². The maximum absolute atomic E-state index is 12.1. The zero-order valence-electron chi connectivity index (χ0n) is 15.5. The molecule has 0 radical (unpaired) electrons. The molecule has 0 aromatic heterocycles. The molecule has 6 heteroatoms. The van der Waals surface area contributed by atoms with E-state index in [2.05, 4.69) is 16.0 Å². The minimum Gasteiger partial charge on any atom is -0.368 e. The zero-order valence-corrected chi connectivity index (χ0v) is 15.5. The number of carbonyl (C=O) groups is 2. The molecule has 6 nitrogen and oxygen atoms in total. The first-order valence-electron chi connectivity index (χ1n) is 9.19. The number of hydrogen-bond acceptors (Lipinski definition) is 3. The van der Waals surface area contributed by atoms with Gasteiger partial charge < -0.3 is 20.7 Å². The Balaban J connectivity index is 1.46. The Labute approximate surface area is 159 Å². The van der Waals surface area contributed by atoms with Gasteiger partial charge in [-0.05, 0) is 43.0 Å². The number of anilines is 1. The molecule has 2 aromatic rings. The summed E-state index contributed by atoms with van der Waals surface area (Å²) in [5.41, 5.74) is 3.83. The van der Waals surface area contributed by atoms with Gasteiger partial charge in [-0.1, -0.05) is 42.0 Å². The lowest BCUT2D eigenvalue weighted by Crippen LogP contribution is -2.34. The summed E-state index contributed by atoms with van der Waals surface area (Å²) < 4.78 is 5.39. The van der Waals surface area contributed by atoms with E-state index in [1.165, 1.54) is 0 Å². The molecule has 0 aliphatic carbocycles. The highest BCUT2D eigenvalue weighted by molar-refractivity contribution is 5.94. The third-order valence-electron chi connectivity index (χ3n) is 4.41. The third kappa shape index (κ3) is 5.82. The average Bonchev–Trinajstić information content (AvgIpc) is 3.20. The standard InChI is InChI=1S/C21H25N3O3/c1-15-5-2-6-16(11-15)13-22-21(26)23-14-17-7-3-8-18(12-17)24-20(25)19-9-4-10-27-19/h2-3,5-8,11-12,19H,4,9-10,13-14H2,1H3,(H,24,25)(H2,22,23,26). The van der Waals surface area contributed by atoms with Crippen LogP contribution in [-0.2, 0) is 22.6 Å². The van der Waals surface area contributed by atoms with Gasteiger partial charge in [0, 0.05) is 25.4 Å². The van der Waals surface area contributed by atoms with E-state index in [0.717, 1.165) is 29.5 Å². The van der Waals surface area contributed by atoms with Gasteiger partial charge in [-0.15, -0.1) is 0 Å². The second-order valence-corrected chi connectivity index (χ2v) is 6.72. The molecule has 2 aromatic carbocycles. The predicted octanol–water partition coefficient (Wildman–Crippen LogP) is 3.11. The van der Waals surface area contributed by atoms with Crippen LogP contribution in [0.3, 0.4) is 0 Å². The summed E-state index contributed by atoms with van der Waals surface area (Å²) in [5.74, 6) is -0.117. The van der Waals surface area contributed by atoms with Crippen LogP contribution in [0.25, 0.3) is 0 Å². The number of hydrogen-bond donors (Lipinski definition) is 3. The molecular formula is C21H25N3O3.